The van der Waals surface area contributed by atoms with Crippen molar-refractivity contribution in [2.45, 2.75) is 19.3 Å². The quantitative estimate of drug-likeness (QED) is 0.631. The van der Waals surface area contributed by atoms with E-state index in [2.05, 4.69) is 10.3 Å². The summed E-state index contributed by atoms with van der Waals surface area (Å²) in [6.07, 6.45) is 3.46. The number of alkyl halides is 1. The van der Waals surface area contributed by atoms with E-state index in [1.807, 2.05) is 6.07 Å². The van der Waals surface area contributed by atoms with Crippen molar-refractivity contribution in [3.63, 3.8) is 0 Å². The molecule has 0 saturated carbocycles. The standard InChI is InChI=1S/C11H12ClN3O/c12-6-2-1-3-11(16)15-10-5-4-9(7-13)8-14-10/h4-5,8H,1-3,6H2,(H,14,15,16). The largest absolute Gasteiger partial charge is 0.311 e. The van der Waals surface area contributed by atoms with Crippen molar-refractivity contribution in [1.82, 2.24) is 4.98 Å². The van der Waals surface area contributed by atoms with Crippen LogP contribution < -0.4 is 5.32 Å². The highest BCUT2D eigenvalue weighted by molar-refractivity contribution is 6.17. The van der Waals surface area contributed by atoms with Crippen molar-refractivity contribution >= 4 is 23.3 Å². The molecule has 0 fully saturated rings. The molecule has 1 aromatic heterocycles. The third-order valence-corrected chi connectivity index (χ3v) is 2.21. The Kier molecular flexibility index (Phi) is 5.30. The summed E-state index contributed by atoms with van der Waals surface area (Å²) in [6, 6.07) is 5.18. The fraction of sp³-hybridized carbons (Fsp3) is 0.364. The maximum atomic E-state index is 11.4. The lowest BCUT2D eigenvalue weighted by molar-refractivity contribution is -0.116. The molecule has 1 rings (SSSR count). The molecule has 0 aliphatic carbocycles. The number of pyridine rings is 1. The Balaban J connectivity index is 2.41. The van der Waals surface area contributed by atoms with Crippen molar-refractivity contribution in [3.8, 4) is 6.07 Å². The van der Waals surface area contributed by atoms with Gasteiger partial charge < -0.3 is 5.32 Å². The Morgan fingerprint density at radius 2 is 2.31 bits per heavy atom. The second kappa shape index (κ2) is 6.81. The minimum atomic E-state index is -0.0812. The topological polar surface area (TPSA) is 65.8 Å². The highest BCUT2D eigenvalue weighted by Gasteiger charge is 2.02. The zero-order chi connectivity index (χ0) is 11.8. The number of nitrogens with zero attached hydrogens (tertiary/aromatic N) is 2. The summed E-state index contributed by atoms with van der Waals surface area (Å²) >= 11 is 5.50. The number of hydrogen-bond donors (Lipinski definition) is 1. The average Bonchev–Trinajstić information content (AvgIpc) is 2.30. The number of aromatic nitrogens is 1. The van der Waals surface area contributed by atoms with Crippen LogP contribution in [0, 0.1) is 11.3 Å². The predicted octanol–water partition coefficient (Wildman–Crippen LogP) is 2.30. The highest BCUT2D eigenvalue weighted by Crippen LogP contribution is 2.06. The van der Waals surface area contributed by atoms with Crippen molar-refractivity contribution in [2.24, 2.45) is 0 Å². The summed E-state index contributed by atoms with van der Waals surface area (Å²) in [6.45, 7) is 0. The number of unbranched alkanes of at least 4 members (excludes halogenated alkanes) is 1. The molecule has 0 aliphatic rings. The lowest BCUT2D eigenvalue weighted by Gasteiger charge is -2.03. The monoisotopic (exact) mass is 237 g/mol. The van der Waals surface area contributed by atoms with E-state index in [0.29, 0.717) is 23.7 Å². The minimum absolute atomic E-state index is 0.0812. The van der Waals surface area contributed by atoms with Gasteiger partial charge in [-0.3, -0.25) is 4.79 Å². The molecule has 0 saturated heterocycles. The van der Waals surface area contributed by atoms with Crippen molar-refractivity contribution in [2.75, 3.05) is 11.2 Å². The van der Waals surface area contributed by atoms with E-state index < -0.39 is 0 Å². The van der Waals surface area contributed by atoms with Crippen LogP contribution in [0.15, 0.2) is 18.3 Å². The fourth-order valence-corrected chi connectivity index (χ4v) is 1.31. The van der Waals surface area contributed by atoms with Gasteiger partial charge in [0.25, 0.3) is 0 Å². The van der Waals surface area contributed by atoms with Crippen LogP contribution in [0.25, 0.3) is 0 Å². The molecule has 5 heteroatoms. The number of nitrogens with one attached hydrogen (secondary N) is 1. The minimum Gasteiger partial charge on any atom is -0.311 e. The smallest absolute Gasteiger partial charge is 0.225 e. The Morgan fingerprint density at radius 3 is 2.88 bits per heavy atom. The second-order valence-corrected chi connectivity index (χ2v) is 3.62. The van der Waals surface area contributed by atoms with Crippen LogP contribution in [0.4, 0.5) is 5.82 Å². The first-order valence-corrected chi connectivity index (χ1v) is 5.51. The number of rotatable bonds is 5. The SMILES string of the molecule is N#Cc1ccc(NC(=O)CCCCCl)nc1. The van der Waals surface area contributed by atoms with Crippen molar-refractivity contribution in [1.29, 1.82) is 5.26 Å². The summed E-state index contributed by atoms with van der Waals surface area (Å²) in [5.41, 5.74) is 0.472. The van der Waals surface area contributed by atoms with E-state index in [-0.39, 0.29) is 5.91 Å². The van der Waals surface area contributed by atoms with Crippen LogP contribution in [0.3, 0.4) is 0 Å². The Morgan fingerprint density at radius 1 is 1.50 bits per heavy atom. The first-order chi connectivity index (χ1) is 7.76. The third kappa shape index (κ3) is 4.28. The summed E-state index contributed by atoms with van der Waals surface area (Å²) < 4.78 is 0. The van der Waals surface area contributed by atoms with Gasteiger partial charge in [0.15, 0.2) is 0 Å². The van der Waals surface area contributed by atoms with E-state index in [1.165, 1.54) is 6.20 Å². The number of anilines is 1. The molecule has 16 heavy (non-hydrogen) atoms. The molecule has 0 unspecified atom stereocenters. The van der Waals surface area contributed by atoms with Crippen molar-refractivity contribution < 1.29 is 4.79 Å². The molecule has 84 valence electrons. The second-order valence-electron chi connectivity index (χ2n) is 3.24. The highest BCUT2D eigenvalue weighted by atomic mass is 35.5. The predicted molar refractivity (Wildman–Crippen MR) is 62.2 cm³/mol. The van der Waals surface area contributed by atoms with Crippen LogP contribution in [0.5, 0.6) is 0 Å². The maximum Gasteiger partial charge on any atom is 0.225 e. The first-order valence-electron chi connectivity index (χ1n) is 4.98. The summed E-state index contributed by atoms with van der Waals surface area (Å²) in [4.78, 5) is 15.3. The van der Waals surface area contributed by atoms with Gasteiger partial charge in [0.1, 0.15) is 11.9 Å². The molecule has 0 radical (unpaired) electrons. The summed E-state index contributed by atoms with van der Waals surface area (Å²) in [7, 11) is 0. The van der Waals surface area contributed by atoms with Gasteiger partial charge in [-0.15, -0.1) is 11.6 Å². The van der Waals surface area contributed by atoms with Crippen LogP contribution in [0.1, 0.15) is 24.8 Å². The average molecular weight is 238 g/mol. The Hall–Kier alpha value is -1.60. The van der Waals surface area contributed by atoms with Gasteiger partial charge in [-0.05, 0) is 25.0 Å². The van der Waals surface area contributed by atoms with Gasteiger partial charge >= 0.3 is 0 Å². The van der Waals surface area contributed by atoms with Crippen LogP contribution >= 0.6 is 11.6 Å². The van der Waals surface area contributed by atoms with Crippen molar-refractivity contribution in [3.05, 3.63) is 23.9 Å². The van der Waals surface area contributed by atoms with Gasteiger partial charge in [-0.1, -0.05) is 0 Å². The molecule has 4 nitrogen and oxygen atoms in total. The van der Waals surface area contributed by atoms with Gasteiger partial charge in [0, 0.05) is 18.5 Å². The van der Waals surface area contributed by atoms with Gasteiger partial charge in [-0.2, -0.15) is 5.26 Å². The number of carbonyl (C=O) groups is 1. The fourth-order valence-electron chi connectivity index (χ4n) is 1.12. The Bertz CT molecular complexity index is 383. The molecule has 1 aromatic rings. The molecule has 0 bridgehead atoms. The zero-order valence-electron chi connectivity index (χ0n) is 8.74. The van der Waals surface area contributed by atoms with E-state index in [1.54, 1.807) is 12.1 Å². The van der Waals surface area contributed by atoms with Gasteiger partial charge in [0.2, 0.25) is 5.91 Å². The maximum absolute atomic E-state index is 11.4. The number of amides is 1. The number of carbonyl (C=O) groups excluding carboxylic acids is 1. The number of halogens is 1. The molecule has 0 atom stereocenters. The lowest BCUT2D eigenvalue weighted by Crippen LogP contribution is -2.12. The third-order valence-electron chi connectivity index (χ3n) is 1.95. The van der Waals surface area contributed by atoms with Crippen LogP contribution in [0.2, 0.25) is 0 Å². The van der Waals surface area contributed by atoms with Gasteiger partial charge in [-0.25, -0.2) is 4.98 Å². The van der Waals surface area contributed by atoms with Gasteiger partial charge in [0.05, 0.1) is 5.56 Å². The van der Waals surface area contributed by atoms with E-state index in [9.17, 15) is 4.79 Å². The molecule has 1 N–H and O–H groups in total. The molecular weight excluding hydrogens is 226 g/mol. The molecule has 0 spiro atoms. The normalized spacial score (nSPS) is 9.50. The number of hydrogen-bond acceptors (Lipinski definition) is 3. The Labute approximate surface area is 99.2 Å². The van der Waals surface area contributed by atoms with E-state index in [0.717, 1.165) is 12.8 Å². The van der Waals surface area contributed by atoms with E-state index >= 15 is 0 Å². The molecule has 1 amide bonds. The molecule has 0 aromatic carbocycles. The zero-order valence-corrected chi connectivity index (χ0v) is 9.50. The van der Waals surface area contributed by atoms with E-state index in [4.69, 9.17) is 16.9 Å². The summed E-state index contributed by atoms with van der Waals surface area (Å²) in [5, 5.41) is 11.2. The van der Waals surface area contributed by atoms with Crippen LogP contribution in [-0.4, -0.2) is 16.8 Å². The summed E-state index contributed by atoms with van der Waals surface area (Å²) in [5.74, 6) is 0.958. The first kappa shape index (κ1) is 12.5. The lowest BCUT2D eigenvalue weighted by atomic mass is 10.2. The molecule has 0 aliphatic heterocycles. The number of nitriles is 1. The molecule has 1 heterocycles. The van der Waals surface area contributed by atoms with Crippen LogP contribution in [-0.2, 0) is 4.79 Å². The molecular formula is C11H12ClN3O.